The van der Waals surface area contributed by atoms with Gasteiger partial charge in [-0.2, -0.15) is 0 Å². The Morgan fingerprint density at radius 3 is 2.67 bits per heavy atom. The van der Waals surface area contributed by atoms with Gasteiger partial charge >= 0.3 is 0 Å². The average molecular weight is 430 g/mol. The molecule has 1 aliphatic carbocycles. The minimum Gasteiger partial charge on any atom is -0.358 e. The lowest BCUT2D eigenvalue weighted by Crippen LogP contribution is -2.48. The van der Waals surface area contributed by atoms with Crippen molar-refractivity contribution in [2.45, 2.75) is 43.9 Å². The first-order chi connectivity index (χ1) is 9.60. The summed E-state index contributed by atoms with van der Waals surface area (Å²) in [5, 5.41) is 9.13. The SMILES string of the molecule is CCS(=O)C1CCCC(NC(=NC)NCC(=O)NC)C1.I. The summed E-state index contributed by atoms with van der Waals surface area (Å²) in [5.41, 5.74) is 0. The van der Waals surface area contributed by atoms with Gasteiger partial charge in [0.2, 0.25) is 5.91 Å². The van der Waals surface area contributed by atoms with Crippen molar-refractivity contribution in [3.05, 3.63) is 0 Å². The van der Waals surface area contributed by atoms with Crippen LogP contribution in [-0.4, -0.2) is 53.8 Å². The zero-order valence-electron chi connectivity index (χ0n) is 13.0. The normalized spacial score (nSPS) is 23.7. The Balaban J connectivity index is 0.00000400. The van der Waals surface area contributed by atoms with Gasteiger partial charge in [-0.15, -0.1) is 24.0 Å². The van der Waals surface area contributed by atoms with Crippen molar-refractivity contribution in [2.75, 3.05) is 26.4 Å². The van der Waals surface area contributed by atoms with Crippen molar-refractivity contribution in [2.24, 2.45) is 4.99 Å². The molecule has 3 atom stereocenters. The maximum absolute atomic E-state index is 11.9. The van der Waals surface area contributed by atoms with Gasteiger partial charge in [-0.3, -0.25) is 14.0 Å². The average Bonchev–Trinajstić information content (AvgIpc) is 2.50. The maximum atomic E-state index is 11.9. The summed E-state index contributed by atoms with van der Waals surface area (Å²) in [7, 11) is 2.56. The molecule has 21 heavy (non-hydrogen) atoms. The van der Waals surface area contributed by atoms with Crippen LogP contribution in [-0.2, 0) is 15.6 Å². The summed E-state index contributed by atoms with van der Waals surface area (Å²) in [4.78, 5) is 15.3. The Kier molecular flexibility index (Phi) is 11.0. The van der Waals surface area contributed by atoms with Crippen LogP contribution in [0.5, 0.6) is 0 Å². The summed E-state index contributed by atoms with van der Waals surface area (Å²) in [6.45, 7) is 2.17. The third kappa shape index (κ3) is 7.44. The number of rotatable bonds is 5. The van der Waals surface area contributed by atoms with Crippen LogP contribution in [0.1, 0.15) is 32.6 Å². The highest BCUT2D eigenvalue weighted by atomic mass is 127. The van der Waals surface area contributed by atoms with E-state index in [0.717, 1.165) is 31.4 Å². The van der Waals surface area contributed by atoms with E-state index in [9.17, 15) is 9.00 Å². The summed E-state index contributed by atoms with van der Waals surface area (Å²) in [6, 6.07) is 0.278. The Morgan fingerprint density at radius 1 is 1.38 bits per heavy atom. The Bertz CT molecular complexity index is 379. The topological polar surface area (TPSA) is 82.6 Å². The largest absolute Gasteiger partial charge is 0.358 e. The predicted molar refractivity (Wildman–Crippen MR) is 98.7 cm³/mol. The highest BCUT2D eigenvalue weighted by Crippen LogP contribution is 2.22. The minimum atomic E-state index is -0.728. The van der Waals surface area contributed by atoms with E-state index in [4.69, 9.17) is 0 Å². The first-order valence-corrected chi connectivity index (χ1v) is 8.53. The molecule has 0 heterocycles. The highest BCUT2D eigenvalue weighted by molar-refractivity contribution is 14.0. The highest BCUT2D eigenvalue weighted by Gasteiger charge is 2.26. The molecule has 0 aliphatic heterocycles. The van der Waals surface area contributed by atoms with Crippen molar-refractivity contribution < 1.29 is 9.00 Å². The molecule has 3 N–H and O–H groups in total. The minimum absolute atomic E-state index is 0. The molecule has 0 aromatic carbocycles. The Labute approximate surface area is 146 Å². The van der Waals surface area contributed by atoms with Crippen LogP contribution in [0.15, 0.2) is 4.99 Å². The second kappa shape index (κ2) is 11.2. The van der Waals surface area contributed by atoms with E-state index in [1.165, 1.54) is 0 Å². The van der Waals surface area contributed by atoms with Crippen molar-refractivity contribution in [1.29, 1.82) is 0 Å². The smallest absolute Gasteiger partial charge is 0.239 e. The summed E-state index contributed by atoms with van der Waals surface area (Å²) in [6.07, 6.45) is 4.09. The van der Waals surface area contributed by atoms with E-state index in [-0.39, 0.29) is 47.7 Å². The fraction of sp³-hybridized carbons (Fsp3) is 0.846. The molecule has 0 saturated heterocycles. The molecular formula is C13H27IN4O2S. The molecule has 6 nitrogen and oxygen atoms in total. The number of amides is 1. The van der Waals surface area contributed by atoms with E-state index in [2.05, 4.69) is 20.9 Å². The summed E-state index contributed by atoms with van der Waals surface area (Å²) in [5.74, 6) is 1.27. The summed E-state index contributed by atoms with van der Waals surface area (Å²) >= 11 is 0. The first-order valence-electron chi connectivity index (χ1n) is 7.15. The first kappa shape index (κ1) is 20.6. The number of carbonyl (C=O) groups excluding carboxylic acids is 1. The van der Waals surface area contributed by atoms with E-state index in [1.54, 1.807) is 14.1 Å². The molecule has 1 fully saturated rings. The predicted octanol–water partition coefficient (Wildman–Crippen LogP) is 0.595. The third-order valence-corrected chi connectivity index (χ3v) is 5.28. The van der Waals surface area contributed by atoms with E-state index >= 15 is 0 Å². The van der Waals surface area contributed by atoms with Crippen LogP contribution in [0.25, 0.3) is 0 Å². The molecule has 0 bridgehead atoms. The lowest BCUT2D eigenvalue weighted by Gasteiger charge is -2.30. The monoisotopic (exact) mass is 430 g/mol. The fourth-order valence-electron chi connectivity index (χ4n) is 2.39. The number of aliphatic imine (C=N–C) groups is 1. The van der Waals surface area contributed by atoms with Crippen molar-refractivity contribution in [3.63, 3.8) is 0 Å². The van der Waals surface area contributed by atoms with Gasteiger partial charge in [0, 0.05) is 41.9 Å². The van der Waals surface area contributed by atoms with Crippen LogP contribution in [0, 0.1) is 0 Å². The van der Waals surface area contributed by atoms with Gasteiger partial charge in [-0.1, -0.05) is 13.3 Å². The Morgan fingerprint density at radius 2 is 2.10 bits per heavy atom. The second-order valence-electron chi connectivity index (χ2n) is 4.90. The molecule has 8 heteroatoms. The van der Waals surface area contributed by atoms with Gasteiger partial charge in [0.1, 0.15) is 0 Å². The van der Waals surface area contributed by atoms with Crippen LogP contribution in [0.4, 0.5) is 0 Å². The van der Waals surface area contributed by atoms with Gasteiger partial charge < -0.3 is 16.0 Å². The van der Waals surface area contributed by atoms with E-state index in [0.29, 0.717) is 5.96 Å². The van der Waals surface area contributed by atoms with Gasteiger partial charge in [0.15, 0.2) is 5.96 Å². The molecule has 1 rings (SSSR count). The molecule has 1 aliphatic rings. The van der Waals surface area contributed by atoms with Gasteiger partial charge in [-0.25, -0.2) is 0 Å². The second-order valence-corrected chi connectivity index (χ2v) is 6.90. The molecule has 124 valence electrons. The van der Waals surface area contributed by atoms with Crippen molar-refractivity contribution >= 4 is 46.6 Å². The van der Waals surface area contributed by atoms with Gasteiger partial charge in [0.25, 0.3) is 0 Å². The lowest BCUT2D eigenvalue weighted by atomic mass is 9.95. The number of likely N-dealkylation sites (N-methyl/N-ethyl adjacent to an activating group) is 1. The molecule has 0 aromatic rings. The van der Waals surface area contributed by atoms with Gasteiger partial charge in [0.05, 0.1) is 6.54 Å². The Hall–Kier alpha value is -0.380. The van der Waals surface area contributed by atoms with E-state index in [1.807, 2.05) is 6.92 Å². The standard InChI is InChI=1S/C13H26N4O2S.HI/c1-4-20(19)11-7-5-6-10(8-11)17-13(15-3)16-9-12(18)14-2;/h10-11H,4-9H2,1-3H3,(H,14,18)(H2,15,16,17);1H. The number of hydrogen-bond acceptors (Lipinski definition) is 3. The third-order valence-electron chi connectivity index (χ3n) is 3.54. The molecule has 3 unspecified atom stereocenters. The van der Waals surface area contributed by atoms with Crippen molar-refractivity contribution in [3.8, 4) is 0 Å². The number of nitrogens with one attached hydrogen (secondary N) is 3. The molecule has 0 radical (unpaired) electrons. The number of halogens is 1. The molecule has 1 amide bonds. The number of carbonyl (C=O) groups is 1. The van der Waals surface area contributed by atoms with Crippen LogP contribution in [0.3, 0.4) is 0 Å². The number of guanidine groups is 1. The number of hydrogen-bond donors (Lipinski definition) is 3. The molecular weight excluding hydrogens is 403 g/mol. The molecule has 0 aromatic heterocycles. The molecule has 1 saturated carbocycles. The van der Waals surface area contributed by atoms with Crippen molar-refractivity contribution in [1.82, 2.24) is 16.0 Å². The van der Waals surface area contributed by atoms with Crippen LogP contribution >= 0.6 is 24.0 Å². The lowest BCUT2D eigenvalue weighted by molar-refractivity contribution is -0.119. The quantitative estimate of drug-likeness (QED) is 0.339. The van der Waals surface area contributed by atoms with Crippen LogP contribution < -0.4 is 16.0 Å². The zero-order valence-corrected chi connectivity index (χ0v) is 16.1. The fourth-order valence-corrected chi connectivity index (χ4v) is 3.74. The maximum Gasteiger partial charge on any atom is 0.239 e. The summed E-state index contributed by atoms with van der Waals surface area (Å²) < 4.78 is 11.9. The van der Waals surface area contributed by atoms with Crippen LogP contribution in [0.2, 0.25) is 0 Å². The van der Waals surface area contributed by atoms with Gasteiger partial charge in [-0.05, 0) is 19.3 Å². The zero-order chi connectivity index (χ0) is 15.0. The number of nitrogens with zero attached hydrogens (tertiary/aromatic N) is 1. The molecule has 0 spiro atoms. The van der Waals surface area contributed by atoms with E-state index < -0.39 is 10.8 Å².